The minimum absolute atomic E-state index is 0.150. The van der Waals surface area contributed by atoms with Crippen molar-refractivity contribution in [3.05, 3.63) is 126 Å². The summed E-state index contributed by atoms with van der Waals surface area (Å²) in [6.45, 7) is 17.1. The molecule has 0 amide bonds. The number of benzene rings is 4. The summed E-state index contributed by atoms with van der Waals surface area (Å²) in [7, 11) is 0. The van der Waals surface area contributed by atoms with E-state index in [0.29, 0.717) is 12.4 Å². The van der Waals surface area contributed by atoms with Crippen molar-refractivity contribution in [3.8, 4) is 11.1 Å². The smallest absolute Gasteiger partial charge is 0.154 e. The third-order valence-electron chi connectivity index (χ3n) is 7.36. The summed E-state index contributed by atoms with van der Waals surface area (Å²) in [5.41, 5.74) is 6.09. The van der Waals surface area contributed by atoms with E-state index in [1.807, 2.05) is 71.8 Å². The van der Waals surface area contributed by atoms with Gasteiger partial charge in [-0.25, -0.2) is 10.1 Å². The first-order chi connectivity index (χ1) is 19.2. The lowest BCUT2D eigenvalue weighted by Gasteiger charge is -2.60. The first-order valence-corrected chi connectivity index (χ1v) is 13.5. The molecule has 204 valence electrons. The number of rotatable bonds is 7. The highest BCUT2D eigenvalue weighted by atomic mass is 16.7. The first kappa shape index (κ1) is 28.7. The van der Waals surface area contributed by atoms with Gasteiger partial charge in [-0.1, -0.05) is 91.0 Å². The number of amidine groups is 1. The summed E-state index contributed by atoms with van der Waals surface area (Å²) in [4.78, 5) is 18.9. The lowest BCUT2D eigenvalue weighted by atomic mass is 9.81. The summed E-state index contributed by atoms with van der Waals surface area (Å²) in [5, 5.41) is 1.99. The van der Waals surface area contributed by atoms with E-state index in [0.717, 1.165) is 34.5 Å². The number of nitrogens with zero attached hydrogens (tertiary/aromatic N) is 4. The summed E-state index contributed by atoms with van der Waals surface area (Å²) < 4.78 is 0. The van der Waals surface area contributed by atoms with E-state index in [1.54, 1.807) is 0 Å². The van der Waals surface area contributed by atoms with Crippen LogP contribution in [0.4, 0.5) is 5.69 Å². The second-order valence-corrected chi connectivity index (χ2v) is 10.7. The van der Waals surface area contributed by atoms with E-state index < -0.39 is 0 Å². The van der Waals surface area contributed by atoms with Gasteiger partial charge in [-0.2, -0.15) is 0 Å². The maximum absolute atomic E-state index is 6.16. The topological polar surface area (TPSA) is 49.5 Å². The Bertz CT molecular complexity index is 1440. The van der Waals surface area contributed by atoms with Gasteiger partial charge in [0.1, 0.15) is 5.60 Å². The van der Waals surface area contributed by atoms with Crippen LogP contribution in [0.25, 0.3) is 11.1 Å². The fraction of sp³-hybridized carbons (Fsp3) is 0.229. The SMILES string of the molecule is C=NC(=NCc1ccccc1)c1cc(-c2ccccc2)cc(N2OC(C)(C)C2(C)C)c1.C=NCc1ccccc1. The summed E-state index contributed by atoms with van der Waals surface area (Å²) >= 11 is 0. The van der Waals surface area contributed by atoms with Gasteiger partial charge in [-0.3, -0.25) is 14.8 Å². The molecule has 5 heteroatoms. The predicted octanol–water partition coefficient (Wildman–Crippen LogP) is 8.20. The van der Waals surface area contributed by atoms with Crippen molar-refractivity contribution in [2.75, 3.05) is 5.06 Å². The van der Waals surface area contributed by atoms with Crippen LogP contribution in [0, 0.1) is 0 Å². The third-order valence-corrected chi connectivity index (χ3v) is 7.36. The highest BCUT2D eigenvalue weighted by Crippen LogP contribution is 2.46. The summed E-state index contributed by atoms with van der Waals surface area (Å²) in [6.07, 6.45) is 0. The van der Waals surface area contributed by atoms with Crippen LogP contribution in [0.3, 0.4) is 0 Å². The van der Waals surface area contributed by atoms with Crippen LogP contribution in [0.1, 0.15) is 44.4 Å². The van der Waals surface area contributed by atoms with Crippen molar-refractivity contribution in [1.82, 2.24) is 0 Å². The molecule has 0 atom stereocenters. The number of hydroxylamine groups is 1. The van der Waals surface area contributed by atoms with Crippen molar-refractivity contribution in [2.45, 2.75) is 51.9 Å². The Balaban J connectivity index is 0.000000350. The van der Waals surface area contributed by atoms with Gasteiger partial charge in [0, 0.05) is 5.56 Å². The molecule has 0 radical (unpaired) electrons. The van der Waals surface area contributed by atoms with Crippen LogP contribution in [0.15, 0.2) is 124 Å². The normalized spacial score (nSPS) is 15.3. The highest BCUT2D eigenvalue weighted by molar-refractivity contribution is 6.03. The molecule has 5 nitrogen and oxygen atoms in total. The Labute approximate surface area is 238 Å². The molecular formula is C35H38N4O. The maximum Gasteiger partial charge on any atom is 0.154 e. The van der Waals surface area contributed by atoms with Crippen LogP contribution in [0.5, 0.6) is 0 Å². The van der Waals surface area contributed by atoms with Crippen molar-refractivity contribution in [1.29, 1.82) is 0 Å². The van der Waals surface area contributed by atoms with E-state index >= 15 is 0 Å². The lowest BCUT2D eigenvalue weighted by molar-refractivity contribution is -0.208. The average molecular weight is 531 g/mol. The molecule has 1 fully saturated rings. The standard InChI is InChI=1S/C27H29N3O.C8H9N/c1-26(2)27(3,4)31-30(26)24-17-22(21-14-10-7-11-15-21)16-23(18-24)25(28-5)29-19-20-12-8-6-9-13-20;1-9-7-8-5-3-2-4-6-8/h6-18H,5,19H2,1-4H3;2-6H,1,7H2. The lowest BCUT2D eigenvalue weighted by Crippen LogP contribution is -2.72. The predicted molar refractivity (Wildman–Crippen MR) is 170 cm³/mol. The van der Waals surface area contributed by atoms with Crippen LogP contribution in [-0.2, 0) is 17.9 Å². The van der Waals surface area contributed by atoms with E-state index in [2.05, 4.69) is 93.6 Å². The van der Waals surface area contributed by atoms with Gasteiger partial charge >= 0.3 is 0 Å². The molecular weight excluding hydrogens is 492 g/mol. The van der Waals surface area contributed by atoms with Crippen LogP contribution in [0.2, 0.25) is 0 Å². The maximum atomic E-state index is 6.16. The Morgan fingerprint density at radius 3 is 1.75 bits per heavy atom. The second kappa shape index (κ2) is 12.7. The molecule has 1 heterocycles. The van der Waals surface area contributed by atoms with E-state index in [9.17, 15) is 0 Å². The molecule has 0 bridgehead atoms. The van der Waals surface area contributed by atoms with Gasteiger partial charge in [0.15, 0.2) is 5.84 Å². The quantitative estimate of drug-likeness (QED) is 0.179. The molecule has 5 rings (SSSR count). The largest absolute Gasteiger partial charge is 0.296 e. The third kappa shape index (κ3) is 6.61. The van der Waals surface area contributed by atoms with Crippen molar-refractivity contribution in [3.63, 3.8) is 0 Å². The molecule has 0 saturated carbocycles. The minimum Gasteiger partial charge on any atom is -0.296 e. The molecule has 0 unspecified atom stereocenters. The molecule has 0 N–H and O–H groups in total. The van der Waals surface area contributed by atoms with Crippen molar-refractivity contribution >= 4 is 25.0 Å². The van der Waals surface area contributed by atoms with Gasteiger partial charge in [0.2, 0.25) is 0 Å². The number of hydrogen-bond acceptors (Lipinski definition) is 4. The number of anilines is 1. The molecule has 0 spiro atoms. The van der Waals surface area contributed by atoms with E-state index in [4.69, 9.17) is 9.83 Å². The molecule has 1 aliphatic heterocycles. The molecule has 1 aliphatic rings. The zero-order valence-electron chi connectivity index (χ0n) is 23.9. The summed E-state index contributed by atoms with van der Waals surface area (Å²) in [5.74, 6) is 0.625. The Morgan fingerprint density at radius 2 is 1.25 bits per heavy atom. The molecule has 0 aliphatic carbocycles. The molecule has 40 heavy (non-hydrogen) atoms. The molecule has 4 aromatic rings. The zero-order chi connectivity index (χ0) is 28.6. The Morgan fingerprint density at radius 1 is 0.700 bits per heavy atom. The van der Waals surface area contributed by atoms with Gasteiger partial charge in [-0.15, -0.1) is 0 Å². The fourth-order valence-electron chi connectivity index (χ4n) is 4.38. The molecule has 1 saturated heterocycles. The second-order valence-electron chi connectivity index (χ2n) is 10.7. The van der Waals surface area contributed by atoms with E-state index in [1.165, 1.54) is 5.56 Å². The van der Waals surface area contributed by atoms with Gasteiger partial charge < -0.3 is 0 Å². The summed E-state index contributed by atoms with van der Waals surface area (Å²) in [6, 6.07) is 36.9. The van der Waals surface area contributed by atoms with Crippen molar-refractivity contribution in [2.24, 2.45) is 15.0 Å². The molecule has 4 aromatic carbocycles. The monoisotopic (exact) mass is 530 g/mol. The zero-order valence-corrected chi connectivity index (χ0v) is 23.9. The first-order valence-electron chi connectivity index (χ1n) is 13.5. The van der Waals surface area contributed by atoms with Crippen molar-refractivity contribution < 1.29 is 4.84 Å². The van der Waals surface area contributed by atoms with Crippen LogP contribution in [-0.4, -0.2) is 30.4 Å². The minimum atomic E-state index is -0.239. The fourth-order valence-corrected chi connectivity index (χ4v) is 4.38. The van der Waals surface area contributed by atoms with Gasteiger partial charge in [0.25, 0.3) is 0 Å². The Kier molecular flexibility index (Phi) is 9.08. The van der Waals surface area contributed by atoms with E-state index in [-0.39, 0.29) is 11.1 Å². The van der Waals surface area contributed by atoms with Gasteiger partial charge in [-0.05, 0) is 81.6 Å². The number of aliphatic imine (C=N–C) groups is 3. The average Bonchev–Trinajstić information content (AvgIpc) is 2.98. The van der Waals surface area contributed by atoms with Gasteiger partial charge in [0.05, 0.1) is 24.3 Å². The van der Waals surface area contributed by atoms with Crippen LogP contribution >= 0.6 is 0 Å². The highest BCUT2D eigenvalue weighted by Gasteiger charge is 2.55. The Hall–Kier alpha value is -4.35. The number of hydrogen-bond donors (Lipinski definition) is 0. The van der Waals surface area contributed by atoms with Crippen LogP contribution < -0.4 is 5.06 Å². The molecule has 0 aromatic heterocycles.